The summed E-state index contributed by atoms with van der Waals surface area (Å²) in [5.74, 6) is -0.681. The minimum Gasteiger partial charge on any atom is -0.464 e. The second kappa shape index (κ2) is 8.19. The van der Waals surface area contributed by atoms with Crippen LogP contribution in [0.1, 0.15) is 19.5 Å². The molecular weight excluding hydrogens is 308 g/mol. The number of hydrogen-bond donors (Lipinski definition) is 1. The Morgan fingerprint density at radius 3 is 2.76 bits per heavy atom. The third-order valence-corrected chi connectivity index (χ3v) is 2.48. The third-order valence-electron chi connectivity index (χ3n) is 1.85. The Hall–Kier alpha value is -0.950. The van der Waals surface area contributed by atoms with E-state index in [0.29, 0.717) is 13.0 Å². The van der Waals surface area contributed by atoms with Crippen molar-refractivity contribution in [3.05, 3.63) is 16.6 Å². The topological polar surface area (TPSA) is 68.3 Å². The lowest BCUT2D eigenvalue weighted by molar-refractivity contribution is -0.147. The minimum atomic E-state index is -0.653. The summed E-state index contributed by atoms with van der Waals surface area (Å²) in [5.41, 5.74) is 2.46. The molecule has 1 unspecified atom stereocenters. The first kappa shape index (κ1) is 16.1. The molecule has 1 aromatic rings. The van der Waals surface area contributed by atoms with Crippen LogP contribution in [0.15, 0.2) is 10.9 Å². The number of halogens is 1. The van der Waals surface area contributed by atoms with Gasteiger partial charge in [-0.2, -0.15) is 0 Å². The summed E-state index contributed by atoms with van der Waals surface area (Å²) in [6.07, 6.45) is 0.363. The van der Waals surface area contributed by atoms with Crippen LogP contribution in [0, 0.1) is 0 Å². The van der Waals surface area contributed by atoms with Gasteiger partial charge in [0.15, 0.2) is 0 Å². The number of ether oxygens (including phenoxy) is 1. The summed E-state index contributed by atoms with van der Waals surface area (Å²) in [6.45, 7) is 3.39. The molecule has 1 amide bonds. The van der Waals surface area contributed by atoms with Crippen LogP contribution in [0.4, 0.5) is 0 Å². The fourth-order valence-electron chi connectivity index (χ4n) is 1.23. The highest BCUT2D eigenvalue weighted by molar-refractivity contribution is 8.93. The van der Waals surface area contributed by atoms with Crippen LogP contribution >= 0.6 is 28.3 Å². The molecule has 0 saturated carbocycles. The molecule has 17 heavy (non-hydrogen) atoms. The van der Waals surface area contributed by atoms with Crippen molar-refractivity contribution < 1.29 is 14.3 Å². The molecule has 0 aromatic carbocycles. The van der Waals surface area contributed by atoms with Gasteiger partial charge in [-0.15, -0.1) is 28.3 Å². The number of thiazole rings is 1. The van der Waals surface area contributed by atoms with Gasteiger partial charge in [0.2, 0.25) is 5.91 Å². The van der Waals surface area contributed by atoms with Gasteiger partial charge in [0.25, 0.3) is 0 Å². The quantitative estimate of drug-likeness (QED) is 0.830. The van der Waals surface area contributed by atoms with Crippen LogP contribution in [0.3, 0.4) is 0 Å². The Kier molecular flexibility index (Phi) is 7.73. The molecule has 7 heteroatoms. The van der Waals surface area contributed by atoms with Crippen LogP contribution in [-0.4, -0.2) is 29.5 Å². The van der Waals surface area contributed by atoms with Crippen molar-refractivity contribution in [3.63, 3.8) is 0 Å². The number of rotatable bonds is 5. The van der Waals surface area contributed by atoms with Gasteiger partial charge in [-0.25, -0.2) is 9.78 Å². The molecule has 1 aromatic heterocycles. The predicted molar refractivity (Wildman–Crippen MR) is 70.4 cm³/mol. The second-order valence-corrected chi connectivity index (χ2v) is 3.91. The van der Waals surface area contributed by atoms with Crippen LogP contribution in [0.5, 0.6) is 0 Å². The van der Waals surface area contributed by atoms with Gasteiger partial charge in [0.05, 0.1) is 17.8 Å². The van der Waals surface area contributed by atoms with Crippen molar-refractivity contribution >= 4 is 40.2 Å². The van der Waals surface area contributed by atoms with E-state index in [4.69, 9.17) is 4.74 Å². The number of carbonyl (C=O) groups is 2. The number of nitrogens with zero attached hydrogens (tertiary/aromatic N) is 1. The monoisotopic (exact) mass is 322 g/mol. The van der Waals surface area contributed by atoms with Gasteiger partial charge >= 0.3 is 5.97 Å². The van der Waals surface area contributed by atoms with E-state index in [1.807, 2.05) is 5.38 Å². The summed E-state index contributed by atoms with van der Waals surface area (Å²) in [6, 6.07) is -0.653. The molecule has 1 atom stereocenters. The lowest BCUT2D eigenvalue weighted by Gasteiger charge is -2.14. The van der Waals surface area contributed by atoms with E-state index in [-0.39, 0.29) is 22.9 Å². The first-order chi connectivity index (χ1) is 7.63. The zero-order chi connectivity index (χ0) is 12.0. The number of aromatic nitrogens is 1. The van der Waals surface area contributed by atoms with Gasteiger partial charge < -0.3 is 10.1 Å². The maximum absolute atomic E-state index is 11.5. The Bertz CT molecular complexity index is 356. The highest BCUT2D eigenvalue weighted by Crippen LogP contribution is 2.05. The maximum Gasteiger partial charge on any atom is 0.329 e. The lowest BCUT2D eigenvalue weighted by atomic mass is 10.1. The summed E-state index contributed by atoms with van der Waals surface area (Å²) in [5, 5.41) is 4.40. The summed E-state index contributed by atoms with van der Waals surface area (Å²) < 4.78 is 4.88. The summed E-state index contributed by atoms with van der Waals surface area (Å²) >= 11 is 1.45. The maximum atomic E-state index is 11.5. The largest absolute Gasteiger partial charge is 0.464 e. The molecule has 1 N–H and O–H groups in total. The molecule has 1 rings (SSSR count). The highest BCUT2D eigenvalue weighted by atomic mass is 79.9. The van der Waals surface area contributed by atoms with E-state index in [1.165, 1.54) is 18.3 Å². The molecule has 0 spiro atoms. The van der Waals surface area contributed by atoms with Gasteiger partial charge in [-0.05, 0) is 6.92 Å². The Morgan fingerprint density at radius 2 is 2.29 bits per heavy atom. The Labute approximate surface area is 114 Å². The standard InChI is InChI=1S/C10H14N2O3S.BrH/c1-3-15-10(14)9(12-7(2)13)4-8-5-16-6-11-8;/h5-6,9H,3-4H2,1-2H3,(H,12,13);1H. The highest BCUT2D eigenvalue weighted by Gasteiger charge is 2.21. The van der Waals surface area contributed by atoms with Crippen LogP contribution in [0.2, 0.25) is 0 Å². The zero-order valence-corrected chi connectivity index (χ0v) is 12.2. The van der Waals surface area contributed by atoms with Gasteiger partial charge in [-0.3, -0.25) is 4.79 Å². The molecule has 0 radical (unpaired) electrons. The second-order valence-electron chi connectivity index (χ2n) is 3.19. The molecule has 0 saturated heterocycles. The van der Waals surface area contributed by atoms with Crippen molar-refractivity contribution in [1.82, 2.24) is 10.3 Å². The van der Waals surface area contributed by atoms with E-state index in [0.717, 1.165) is 5.69 Å². The van der Waals surface area contributed by atoms with E-state index < -0.39 is 12.0 Å². The predicted octanol–water partition coefficient (Wildman–Crippen LogP) is 1.33. The lowest BCUT2D eigenvalue weighted by Crippen LogP contribution is -2.42. The molecule has 1 heterocycles. The average molecular weight is 323 g/mol. The summed E-state index contributed by atoms with van der Waals surface area (Å²) in [7, 11) is 0. The molecule has 96 valence electrons. The van der Waals surface area contributed by atoms with Gasteiger partial charge in [-0.1, -0.05) is 0 Å². The van der Waals surface area contributed by atoms with Crippen LogP contribution < -0.4 is 5.32 Å². The van der Waals surface area contributed by atoms with E-state index in [9.17, 15) is 9.59 Å². The number of carbonyl (C=O) groups excluding carboxylic acids is 2. The SMILES string of the molecule is Br.CCOC(=O)C(Cc1cscn1)NC(C)=O. The first-order valence-electron chi connectivity index (χ1n) is 4.94. The van der Waals surface area contributed by atoms with Crippen LogP contribution in [-0.2, 0) is 20.7 Å². The molecule has 0 aliphatic rings. The Morgan fingerprint density at radius 1 is 1.59 bits per heavy atom. The van der Waals surface area contributed by atoms with E-state index in [2.05, 4.69) is 10.3 Å². The molecule has 0 aliphatic heterocycles. The fourth-order valence-corrected chi connectivity index (χ4v) is 1.80. The fraction of sp³-hybridized carbons (Fsp3) is 0.500. The van der Waals surface area contributed by atoms with Crippen molar-refractivity contribution in [1.29, 1.82) is 0 Å². The summed E-state index contributed by atoms with van der Waals surface area (Å²) in [4.78, 5) is 26.6. The van der Waals surface area contributed by atoms with Crippen molar-refractivity contribution in [2.75, 3.05) is 6.61 Å². The van der Waals surface area contributed by atoms with Crippen LogP contribution in [0.25, 0.3) is 0 Å². The van der Waals surface area contributed by atoms with Crippen molar-refractivity contribution in [3.8, 4) is 0 Å². The molecule has 0 aliphatic carbocycles. The minimum absolute atomic E-state index is 0. The number of esters is 1. The van der Waals surface area contributed by atoms with E-state index >= 15 is 0 Å². The number of nitrogens with one attached hydrogen (secondary N) is 1. The van der Waals surface area contributed by atoms with Crippen molar-refractivity contribution in [2.45, 2.75) is 26.3 Å². The molecule has 0 bridgehead atoms. The van der Waals surface area contributed by atoms with Gasteiger partial charge in [0.1, 0.15) is 6.04 Å². The smallest absolute Gasteiger partial charge is 0.329 e. The molecular formula is C10H15BrN2O3S. The number of hydrogen-bond acceptors (Lipinski definition) is 5. The van der Waals surface area contributed by atoms with Crippen molar-refractivity contribution in [2.24, 2.45) is 0 Å². The number of amides is 1. The normalized spacial score (nSPS) is 11.2. The average Bonchev–Trinajstić information content (AvgIpc) is 2.69. The molecule has 0 fully saturated rings. The first-order valence-corrected chi connectivity index (χ1v) is 5.88. The van der Waals surface area contributed by atoms with Gasteiger partial charge in [0, 0.05) is 18.7 Å². The third kappa shape index (κ3) is 5.78. The van der Waals surface area contributed by atoms with E-state index in [1.54, 1.807) is 12.4 Å². The Balaban J connectivity index is 0.00000256. The molecule has 5 nitrogen and oxygen atoms in total. The zero-order valence-electron chi connectivity index (χ0n) is 9.63.